The highest BCUT2D eigenvalue weighted by Gasteiger charge is 2.14. The van der Waals surface area contributed by atoms with Crippen molar-refractivity contribution in [1.82, 2.24) is 4.90 Å². The van der Waals surface area contributed by atoms with E-state index in [1.807, 2.05) is 55.5 Å². The number of amides is 1. The van der Waals surface area contributed by atoms with Gasteiger partial charge in [0.2, 0.25) is 0 Å². The van der Waals surface area contributed by atoms with Crippen molar-refractivity contribution >= 4 is 6.09 Å². The van der Waals surface area contributed by atoms with Gasteiger partial charge in [-0.05, 0) is 18.1 Å². The SMILES string of the molecule is Cc1cccc(-c2ccccc2)c1OC(=O)N(C)C. The average molecular weight is 255 g/mol. The zero-order valence-electron chi connectivity index (χ0n) is 11.4. The zero-order valence-corrected chi connectivity index (χ0v) is 11.4. The predicted molar refractivity (Wildman–Crippen MR) is 76.3 cm³/mol. The molecule has 19 heavy (non-hydrogen) atoms. The monoisotopic (exact) mass is 255 g/mol. The van der Waals surface area contributed by atoms with E-state index in [0.29, 0.717) is 5.75 Å². The summed E-state index contributed by atoms with van der Waals surface area (Å²) in [5, 5.41) is 0. The standard InChI is InChI=1S/C16H17NO2/c1-12-8-7-11-14(13-9-5-4-6-10-13)15(12)19-16(18)17(2)3/h4-11H,1-3H3. The van der Waals surface area contributed by atoms with Crippen LogP contribution in [0.5, 0.6) is 5.75 Å². The van der Waals surface area contributed by atoms with Crippen molar-refractivity contribution in [1.29, 1.82) is 0 Å². The second kappa shape index (κ2) is 5.57. The van der Waals surface area contributed by atoms with Gasteiger partial charge < -0.3 is 9.64 Å². The molecule has 0 aliphatic rings. The van der Waals surface area contributed by atoms with Crippen LogP contribution in [0.15, 0.2) is 48.5 Å². The number of nitrogens with zero attached hydrogens (tertiary/aromatic N) is 1. The fourth-order valence-corrected chi connectivity index (χ4v) is 1.81. The van der Waals surface area contributed by atoms with Gasteiger partial charge >= 0.3 is 6.09 Å². The van der Waals surface area contributed by atoms with E-state index in [0.717, 1.165) is 16.7 Å². The maximum absolute atomic E-state index is 11.8. The third-order valence-electron chi connectivity index (χ3n) is 2.85. The van der Waals surface area contributed by atoms with Crippen LogP contribution in [-0.4, -0.2) is 25.1 Å². The molecule has 0 bridgehead atoms. The maximum atomic E-state index is 11.8. The van der Waals surface area contributed by atoms with E-state index < -0.39 is 0 Å². The minimum Gasteiger partial charge on any atom is -0.409 e. The molecule has 0 aromatic heterocycles. The lowest BCUT2D eigenvalue weighted by molar-refractivity contribution is 0.172. The first-order chi connectivity index (χ1) is 9.09. The lowest BCUT2D eigenvalue weighted by Crippen LogP contribution is -2.25. The Balaban J connectivity index is 2.45. The Labute approximate surface area is 113 Å². The van der Waals surface area contributed by atoms with Gasteiger partial charge in [-0.2, -0.15) is 0 Å². The van der Waals surface area contributed by atoms with Crippen molar-refractivity contribution in [3.63, 3.8) is 0 Å². The molecule has 2 aromatic carbocycles. The number of hydrogen-bond donors (Lipinski definition) is 0. The van der Waals surface area contributed by atoms with E-state index in [4.69, 9.17) is 4.74 Å². The van der Waals surface area contributed by atoms with E-state index >= 15 is 0 Å². The number of aryl methyl sites for hydroxylation is 1. The van der Waals surface area contributed by atoms with Gasteiger partial charge in [0, 0.05) is 19.7 Å². The lowest BCUT2D eigenvalue weighted by Gasteiger charge is -2.16. The van der Waals surface area contributed by atoms with E-state index in [-0.39, 0.29) is 6.09 Å². The molecule has 0 atom stereocenters. The van der Waals surface area contributed by atoms with Gasteiger partial charge in [0.25, 0.3) is 0 Å². The Morgan fingerprint density at radius 3 is 2.32 bits per heavy atom. The van der Waals surface area contributed by atoms with Crippen molar-refractivity contribution in [2.24, 2.45) is 0 Å². The smallest absolute Gasteiger partial charge is 0.409 e. The number of benzene rings is 2. The highest BCUT2D eigenvalue weighted by Crippen LogP contribution is 2.33. The molecule has 0 fully saturated rings. The van der Waals surface area contributed by atoms with Crippen LogP contribution in [0.3, 0.4) is 0 Å². The minimum atomic E-state index is -0.369. The van der Waals surface area contributed by atoms with Crippen molar-refractivity contribution in [2.45, 2.75) is 6.92 Å². The molecule has 1 amide bonds. The molecule has 3 nitrogen and oxygen atoms in total. The molecule has 0 aliphatic heterocycles. The van der Waals surface area contributed by atoms with Gasteiger partial charge in [-0.25, -0.2) is 4.79 Å². The summed E-state index contributed by atoms with van der Waals surface area (Å²) in [4.78, 5) is 13.2. The first kappa shape index (κ1) is 13.1. The van der Waals surface area contributed by atoms with E-state index in [9.17, 15) is 4.79 Å². The van der Waals surface area contributed by atoms with Crippen molar-refractivity contribution in [3.8, 4) is 16.9 Å². The highest BCUT2D eigenvalue weighted by molar-refractivity contribution is 5.78. The molecule has 2 rings (SSSR count). The van der Waals surface area contributed by atoms with Gasteiger partial charge in [-0.15, -0.1) is 0 Å². The van der Waals surface area contributed by atoms with Crippen LogP contribution in [0.4, 0.5) is 4.79 Å². The van der Waals surface area contributed by atoms with Crippen molar-refractivity contribution < 1.29 is 9.53 Å². The molecule has 0 heterocycles. The first-order valence-electron chi connectivity index (χ1n) is 6.14. The Morgan fingerprint density at radius 1 is 1.00 bits per heavy atom. The van der Waals surface area contributed by atoms with Crippen molar-refractivity contribution in [2.75, 3.05) is 14.1 Å². The molecule has 0 radical (unpaired) electrons. The predicted octanol–water partition coefficient (Wildman–Crippen LogP) is 3.72. The molecule has 3 heteroatoms. The Hall–Kier alpha value is -2.29. The summed E-state index contributed by atoms with van der Waals surface area (Å²) in [7, 11) is 3.34. The fourth-order valence-electron chi connectivity index (χ4n) is 1.81. The summed E-state index contributed by atoms with van der Waals surface area (Å²) in [5.41, 5.74) is 2.90. The third-order valence-corrected chi connectivity index (χ3v) is 2.85. The van der Waals surface area contributed by atoms with Gasteiger partial charge in [0.1, 0.15) is 5.75 Å². The number of carbonyl (C=O) groups is 1. The molecule has 0 N–H and O–H groups in total. The van der Waals surface area contributed by atoms with Crippen LogP contribution in [0.1, 0.15) is 5.56 Å². The number of hydrogen-bond acceptors (Lipinski definition) is 2. The van der Waals surface area contributed by atoms with Gasteiger partial charge in [-0.3, -0.25) is 0 Å². The Kier molecular flexibility index (Phi) is 3.85. The van der Waals surface area contributed by atoms with Crippen LogP contribution in [0, 0.1) is 6.92 Å². The van der Waals surface area contributed by atoms with Crippen LogP contribution in [-0.2, 0) is 0 Å². The van der Waals surface area contributed by atoms with E-state index in [1.54, 1.807) is 14.1 Å². The second-order valence-electron chi connectivity index (χ2n) is 4.58. The summed E-state index contributed by atoms with van der Waals surface area (Å²) in [6.45, 7) is 1.94. The Bertz CT molecular complexity index is 577. The van der Waals surface area contributed by atoms with E-state index in [1.165, 1.54) is 4.90 Å². The minimum absolute atomic E-state index is 0.369. The number of rotatable bonds is 2. The van der Waals surface area contributed by atoms with Crippen LogP contribution in [0.25, 0.3) is 11.1 Å². The highest BCUT2D eigenvalue weighted by atomic mass is 16.6. The molecule has 98 valence electrons. The number of ether oxygens (including phenoxy) is 1. The number of carbonyl (C=O) groups excluding carboxylic acids is 1. The molecule has 2 aromatic rings. The number of para-hydroxylation sites is 1. The fraction of sp³-hybridized carbons (Fsp3) is 0.188. The van der Waals surface area contributed by atoms with Crippen LogP contribution >= 0.6 is 0 Å². The molecule has 0 unspecified atom stereocenters. The quantitative estimate of drug-likeness (QED) is 0.818. The van der Waals surface area contributed by atoms with Crippen molar-refractivity contribution in [3.05, 3.63) is 54.1 Å². The normalized spacial score (nSPS) is 10.1. The van der Waals surface area contributed by atoms with Crippen LogP contribution < -0.4 is 4.74 Å². The Morgan fingerprint density at radius 2 is 1.68 bits per heavy atom. The third kappa shape index (κ3) is 2.94. The molecule has 0 aliphatic carbocycles. The largest absolute Gasteiger partial charge is 0.414 e. The molecular formula is C16H17NO2. The molecular weight excluding hydrogens is 238 g/mol. The molecule has 0 spiro atoms. The summed E-state index contributed by atoms with van der Waals surface area (Å²) in [6, 6.07) is 15.8. The van der Waals surface area contributed by atoms with Gasteiger partial charge in [0.15, 0.2) is 0 Å². The average Bonchev–Trinajstić information content (AvgIpc) is 2.41. The summed E-state index contributed by atoms with van der Waals surface area (Å²) >= 11 is 0. The first-order valence-corrected chi connectivity index (χ1v) is 6.14. The van der Waals surface area contributed by atoms with E-state index in [2.05, 4.69) is 0 Å². The van der Waals surface area contributed by atoms with Gasteiger partial charge in [-0.1, -0.05) is 48.5 Å². The molecule has 0 saturated carbocycles. The zero-order chi connectivity index (χ0) is 13.8. The van der Waals surface area contributed by atoms with Crippen LogP contribution in [0.2, 0.25) is 0 Å². The van der Waals surface area contributed by atoms with Gasteiger partial charge in [0.05, 0.1) is 0 Å². The molecule has 0 saturated heterocycles. The summed E-state index contributed by atoms with van der Waals surface area (Å²) in [5.74, 6) is 0.618. The second-order valence-corrected chi connectivity index (χ2v) is 4.58. The summed E-state index contributed by atoms with van der Waals surface area (Å²) < 4.78 is 5.48. The lowest BCUT2D eigenvalue weighted by atomic mass is 10.0. The summed E-state index contributed by atoms with van der Waals surface area (Å²) in [6.07, 6.45) is -0.369. The maximum Gasteiger partial charge on any atom is 0.414 e. The topological polar surface area (TPSA) is 29.5 Å².